The smallest absolute Gasteiger partial charge is 0.321 e. The monoisotopic (exact) mass is 290 g/mol. The third-order valence-corrected chi connectivity index (χ3v) is 4.15. The minimum atomic E-state index is -0.847. The Hall–Kier alpha value is -1.88. The normalized spacial score (nSPS) is 22.2. The van der Waals surface area contributed by atoms with Crippen LogP contribution in [0.15, 0.2) is 18.2 Å². The van der Waals surface area contributed by atoms with E-state index in [4.69, 9.17) is 0 Å². The van der Waals surface area contributed by atoms with Gasteiger partial charge in [0.05, 0.1) is 6.54 Å². The largest absolute Gasteiger partial charge is 0.480 e. The summed E-state index contributed by atoms with van der Waals surface area (Å²) in [5, 5.41) is 12.2. The van der Waals surface area contributed by atoms with E-state index < -0.39 is 12.0 Å². The number of anilines is 1. The lowest BCUT2D eigenvalue weighted by Crippen LogP contribution is -2.43. The Bertz CT molecular complexity index is 536. The van der Waals surface area contributed by atoms with Crippen LogP contribution in [0.5, 0.6) is 0 Å². The number of amides is 1. The maximum atomic E-state index is 12.2. The van der Waals surface area contributed by atoms with Crippen LogP contribution in [0.25, 0.3) is 0 Å². The van der Waals surface area contributed by atoms with E-state index >= 15 is 0 Å². The number of nitrogens with zero attached hydrogens (tertiary/aromatic N) is 1. The number of para-hydroxylation sites is 1. The molecule has 0 bridgehead atoms. The molecule has 21 heavy (non-hydrogen) atoms. The van der Waals surface area contributed by atoms with Gasteiger partial charge in [-0.2, -0.15) is 0 Å². The predicted octanol–water partition coefficient (Wildman–Crippen LogP) is 2.04. The molecule has 1 saturated heterocycles. The number of carboxylic acid groups (broad SMARTS) is 1. The number of likely N-dealkylation sites (tertiary alicyclic amines) is 1. The lowest BCUT2D eigenvalue weighted by atomic mass is 10.0. The molecule has 0 aromatic heterocycles. The molecule has 1 fully saturated rings. The number of hydrogen-bond donors (Lipinski definition) is 2. The van der Waals surface area contributed by atoms with E-state index in [0.29, 0.717) is 6.54 Å². The fourth-order valence-corrected chi connectivity index (χ4v) is 2.98. The van der Waals surface area contributed by atoms with Crippen LogP contribution < -0.4 is 5.32 Å². The van der Waals surface area contributed by atoms with Gasteiger partial charge in [0.25, 0.3) is 0 Å². The molecule has 1 heterocycles. The number of aliphatic carboxylic acids is 1. The number of hydrogen-bond acceptors (Lipinski definition) is 3. The molecule has 2 unspecified atom stereocenters. The van der Waals surface area contributed by atoms with Crippen molar-refractivity contribution < 1.29 is 14.7 Å². The van der Waals surface area contributed by atoms with Gasteiger partial charge in [-0.05, 0) is 43.9 Å². The summed E-state index contributed by atoms with van der Waals surface area (Å²) in [6.45, 7) is 6.58. The van der Waals surface area contributed by atoms with Crippen LogP contribution in [0.2, 0.25) is 0 Å². The Morgan fingerprint density at radius 3 is 2.52 bits per heavy atom. The summed E-state index contributed by atoms with van der Waals surface area (Å²) in [4.78, 5) is 25.2. The molecule has 1 amide bonds. The second-order valence-electron chi connectivity index (χ2n) is 5.83. The first kappa shape index (κ1) is 15.5. The highest BCUT2D eigenvalue weighted by molar-refractivity contribution is 5.94. The lowest BCUT2D eigenvalue weighted by molar-refractivity contribution is -0.143. The minimum absolute atomic E-state index is 0.0792. The summed E-state index contributed by atoms with van der Waals surface area (Å²) in [6, 6.07) is 5.28. The summed E-state index contributed by atoms with van der Waals surface area (Å²) in [6.07, 6.45) is 0.813. The zero-order valence-corrected chi connectivity index (χ0v) is 12.7. The van der Waals surface area contributed by atoms with Crippen molar-refractivity contribution in [3.05, 3.63) is 29.3 Å². The van der Waals surface area contributed by atoms with Crippen molar-refractivity contribution in [1.29, 1.82) is 0 Å². The van der Waals surface area contributed by atoms with Gasteiger partial charge in [0, 0.05) is 5.69 Å². The Kier molecular flexibility index (Phi) is 4.63. The molecule has 1 aromatic carbocycles. The lowest BCUT2D eigenvalue weighted by Gasteiger charge is -2.22. The molecule has 0 radical (unpaired) electrons. The van der Waals surface area contributed by atoms with E-state index in [1.54, 1.807) is 4.90 Å². The zero-order chi connectivity index (χ0) is 15.6. The van der Waals surface area contributed by atoms with Crippen LogP contribution in [0.3, 0.4) is 0 Å². The highest BCUT2D eigenvalue weighted by Crippen LogP contribution is 2.24. The molecular weight excluding hydrogens is 268 g/mol. The number of carbonyl (C=O) groups excluding carboxylic acids is 1. The first-order valence-corrected chi connectivity index (χ1v) is 7.23. The highest BCUT2D eigenvalue weighted by atomic mass is 16.4. The molecule has 5 nitrogen and oxygen atoms in total. The van der Waals surface area contributed by atoms with Gasteiger partial charge in [-0.25, -0.2) is 0 Å². The molecule has 0 saturated carbocycles. The average molecular weight is 290 g/mol. The van der Waals surface area contributed by atoms with Crippen LogP contribution in [0.4, 0.5) is 5.69 Å². The standard InChI is InChI=1S/C16H22N2O3/c1-10-5-4-6-11(2)14(10)17-13(19)9-18-8-7-12(3)15(18)16(20)21/h4-6,12,15H,7-9H2,1-3H3,(H,17,19)(H,20,21). The summed E-state index contributed by atoms with van der Waals surface area (Å²) >= 11 is 0. The van der Waals surface area contributed by atoms with Crippen LogP contribution >= 0.6 is 0 Å². The van der Waals surface area contributed by atoms with Crippen molar-refractivity contribution in [2.75, 3.05) is 18.4 Å². The molecule has 0 aliphatic carbocycles. The molecule has 0 spiro atoms. The third kappa shape index (κ3) is 3.42. The summed E-state index contributed by atoms with van der Waals surface area (Å²) in [7, 11) is 0. The molecule has 2 N–H and O–H groups in total. The predicted molar refractivity (Wildman–Crippen MR) is 81.3 cm³/mol. The Balaban J connectivity index is 2.04. The van der Waals surface area contributed by atoms with E-state index in [0.717, 1.165) is 23.2 Å². The third-order valence-electron chi connectivity index (χ3n) is 4.15. The zero-order valence-electron chi connectivity index (χ0n) is 12.7. The maximum absolute atomic E-state index is 12.2. The van der Waals surface area contributed by atoms with Gasteiger partial charge in [-0.1, -0.05) is 25.1 Å². The Labute approximate surface area is 125 Å². The molecule has 2 atom stereocenters. The number of benzene rings is 1. The van der Waals surface area contributed by atoms with Gasteiger partial charge in [0.1, 0.15) is 6.04 Å². The van der Waals surface area contributed by atoms with Crippen molar-refractivity contribution in [1.82, 2.24) is 4.90 Å². The van der Waals surface area contributed by atoms with Gasteiger partial charge in [-0.3, -0.25) is 14.5 Å². The molecular formula is C16H22N2O3. The molecule has 1 aliphatic heterocycles. The van der Waals surface area contributed by atoms with Crippen LogP contribution in [0, 0.1) is 19.8 Å². The summed E-state index contributed by atoms with van der Waals surface area (Å²) in [5.41, 5.74) is 2.84. The first-order chi connectivity index (χ1) is 9.90. The molecule has 114 valence electrons. The van der Waals surface area contributed by atoms with Crippen molar-refractivity contribution in [2.24, 2.45) is 5.92 Å². The van der Waals surface area contributed by atoms with Gasteiger partial charge in [0.2, 0.25) is 5.91 Å². The van der Waals surface area contributed by atoms with Crippen molar-refractivity contribution in [2.45, 2.75) is 33.2 Å². The maximum Gasteiger partial charge on any atom is 0.321 e. The van der Waals surface area contributed by atoms with Crippen LogP contribution in [-0.4, -0.2) is 41.0 Å². The molecule has 5 heteroatoms. The number of carboxylic acids is 1. The van der Waals surface area contributed by atoms with E-state index in [9.17, 15) is 14.7 Å². The first-order valence-electron chi connectivity index (χ1n) is 7.23. The molecule has 2 rings (SSSR count). The molecule has 1 aliphatic rings. The molecule has 1 aromatic rings. The second kappa shape index (κ2) is 6.26. The number of aryl methyl sites for hydroxylation is 2. The number of carbonyl (C=O) groups is 2. The van der Waals surface area contributed by atoms with E-state index in [-0.39, 0.29) is 18.4 Å². The minimum Gasteiger partial charge on any atom is -0.480 e. The van der Waals surface area contributed by atoms with E-state index in [1.165, 1.54) is 0 Å². The Morgan fingerprint density at radius 1 is 1.33 bits per heavy atom. The summed E-state index contributed by atoms with van der Waals surface area (Å²) in [5.74, 6) is -0.928. The van der Waals surface area contributed by atoms with E-state index in [2.05, 4.69) is 5.32 Å². The average Bonchev–Trinajstić information content (AvgIpc) is 2.75. The second-order valence-corrected chi connectivity index (χ2v) is 5.83. The van der Waals surface area contributed by atoms with E-state index in [1.807, 2.05) is 39.0 Å². The van der Waals surface area contributed by atoms with Gasteiger partial charge in [0.15, 0.2) is 0 Å². The van der Waals surface area contributed by atoms with Gasteiger partial charge in [-0.15, -0.1) is 0 Å². The fourth-order valence-electron chi connectivity index (χ4n) is 2.98. The van der Waals surface area contributed by atoms with Crippen molar-refractivity contribution in [3.8, 4) is 0 Å². The van der Waals surface area contributed by atoms with Gasteiger partial charge >= 0.3 is 5.97 Å². The SMILES string of the molecule is Cc1cccc(C)c1NC(=O)CN1CCC(C)C1C(=O)O. The topological polar surface area (TPSA) is 69.6 Å². The quantitative estimate of drug-likeness (QED) is 0.890. The Morgan fingerprint density at radius 2 is 1.95 bits per heavy atom. The number of nitrogens with one attached hydrogen (secondary N) is 1. The fraction of sp³-hybridized carbons (Fsp3) is 0.500. The van der Waals surface area contributed by atoms with Crippen molar-refractivity contribution >= 4 is 17.6 Å². The highest BCUT2D eigenvalue weighted by Gasteiger charge is 2.37. The summed E-state index contributed by atoms with van der Waals surface area (Å²) < 4.78 is 0. The number of rotatable bonds is 4. The van der Waals surface area contributed by atoms with Crippen LogP contribution in [-0.2, 0) is 9.59 Å². The van der Waals surface area contributed by atoms with Crippen LogP contribution in [0.1, 0.15) is 24.5 Å². The van der Waals surface area contributed by atoms with Crippen molar-refractivity contribution in [3.63, 3.8) is 0 Å². The van der Waals surface area contributed by atoms with Gasteiger partial charge < -0.3 is 10.4 Å².